The molecule has 1 N–H and O–H groups in total. The van der Waals surface area contributed by atoms with Gasteiger partial charge in [0, 0.05) is 6.07 Å². The van der Waals surface area contributed by atoms with Crippen LogP contribution < -0.4 is 5.32 Å². The van der Waals surface area contributed by atoms with Crippen LogP contribution in [0.3, 0.4) is 0 Å². The molecule has 2 rings (SSSR count). The Kier molecular flexibility index (Phi) is 3.05. The highest BCUT2D eigenvalue weighted by Crippen LogP contribution is 2.38. The molecule has 0 spiro atoms. The van der Waals surface area contributed by atoms with Gasteiger partial charge in [-0.15, -0.1) is 0 Å². The quantitative estimate of drug-likeness (QED) is 0.662. The Morgan fingerprint density at radius 1 is 1.47 bits per heavy atom. The molecular weight excluding hydrogens is 269 g/mol. The summed E-state index contributed by atoms with van der Waals surface area (Å²) in [4.78, 5) is 20.8. The van der Waals surface area contributed by atoms with Crippen LogP contribution in [0.15, 0.2) is 18.2 Å². The van der Waals surface area contributed by atoms with Crippen molar-refractivity contribution in [2.45, 2.75) is 12.0 Å². The summed E-state index contributed by atoms with van der Waals surface area (Å²) in [5.74, 6) is -4.50. The summed E-state index contributed by atoms with van der Waals surface area (Å²) in [6, 6.07) is 0.135. The first kappa shape index (κ1) is 13.1. The highest BCUT2D eigenvalue weighted by Gasteiger charge is 2.49. The lowest BCUT2D eigenvalue weighted by Crippen LogP contribution is -2.49. The maximum Gasteiger partial charge on any atom is 0.408 e. The maximum absolute atomic E-state index is 13.6. The maximum atomic E-state index is 13.6. The normalized spacial score (nSPS) is 21.4. The van der Waals surface area contributed by atoms with Crippen LogP contribution in [-0.4, -0.2) is 23.5 Å². The molecule has 9 heteroatoms. The zero-order valence-electron chi connectivity index (χ0n) is 9.23. The van der Waals surface area contributed by atoms with Crippen molar-refractivity contribution in [1.29, 1.82) is 0 Å². The van der Waals surface area contributed by atoms with Gasteiger partial charge in [0.25, 0.3) is 5.69 Å². The number of nitro benzene ring substituents is 1. The molecule has 0 aromatic heterocycles. The number of halogens is 3. The number of hydrogen-bond acceptors (Lipinski definition) is 4. The molecule has 1 aromatic rings. The van der Waals surface area contributed by atoms with E-state index in [1.165, 1.54) is 0 Å². The number of ether oxygens (including phenoxy) is 1. The molecule has 102 valence electrons. The minimum absolute atomic E-state index is 0.600. The fraction of sp³-hybridized carbons (Fsp3) is 0.300. The Balaban J connectivity index is 2.52. The Hall–Kier alpha value is -2.32. The number of hydrogen-bond donors (Lipinski definition) is 1. The largest absolute Gasteiger partial charge is 0.443 e. The minimum Gasteiger partial charge on any atom is -0.443 e. The average molecular weight is 276 g/mol. The number of cyclic esters (lactones) is 1. The molecule has 1 aliphatic rings. The number of alkyl halides is 2. The van der Waals surface area contributed by atoms with Gasteiger partial charge in [0.1, 0.15) is 11.9 Å². The Morgan fingerprint density at radius 2 is 2.16 bits per heavy atom. The van der Waals surface area contributed by atoms with Crippen LogP contribution in [0.1, 0.15) is 11.6 Å². The lowest BCUT2D eigenvalue weighted by Gasteiger charge is -2.31. The van der Waals surface area contributed by atoms with E-state index in [1.54, 1.807) is 5.32 Å². The predicted molar refractivity (Wildman–Crippen MR) is 55.2 cm³/mol. The van der Waals surface area contributed by atoms with Gasteiger partial charge in [-0.1, -0.05) is 0 Å². The third-order valence-electron chi connectivity index (χ3n) is 2.58. The van der Waals surface area contributed by atoms with Gasteiger partial charge in [0.05, 0.1) is 10.5 Å². The van der Waals surface area contributed by atoms with Gasteiger partial charge >= 0.3 is 12.0 Å². The number of rotatable bonds is 2. The summed E-state index contributed by atoms with van der Waals surface area (Å²) in [6.07, 6.45) is -1.14. The first-order valence-electron chi connectivity index (χ1n) is 5.06. The summed E-state index contributed by atoms with van der Waals surface area (Å²) < 4.78 is 44.5. The van der Waals surface area contributed by atoms with Gasteiger partial charge in [0.2, 0.25) is 0 Å². The van der Waals surface area contributed by atoms with E-state index in [-0.39, 0.29) is 0 Å². The van der Waals surface area contributed by atoms with Crippen molar-refractivity contribution in [2.24, 2.45) is 0 Å². The number of nitrogens with one attached hydrogen (secondary N) is 1. The fourth-order valence-corrected chi connectivity index (χ4v) is 1.74. The van der Waals surface area contributed by atoms with Crippen molar-refractivity contribution in [2.75, 3.05) is 6.61 Å². The number of nitrogens with zero attached hydrogens (tertiary/aromatic N) is 1. The lowest BCUT2D eigenvalue weighted by atomic mass is 9.98. The smallest absolute Gasteiger partial charge is 0.408 e. The topological polar surface area (TPSA) is 81.5 Å². The number of amides is 1. The lowest BCUT2D eigenvalue weighted by molar-refractivity contribution is -0.386. The highest BCUT2D eigenvalue weighted by molar-refractivity contribution is 5.69. The van der Waals surface area contributed by atoms with Gasteiger partial charge in [-0.05, 0) is 12.1 Å². The van der Waals surface area contributed by atoms with Gasteiger partial charge in [-0.2, -0.15) is 0 Å². The highest BCUT2D eigenvalue weighted by atomic mass is 19.3. The zero-order chi connectivity index (χ0) is 14.2. The van der Waals surface area contributed by atoms with E-state index in [9.17, 15) is 28.1 Å². The van der Waals surface area contributed by atoms with Gasteiger partial charge in [-0.25, -0.2) is 18.0 Å². The average Bonchev–Trinajstić information content (AvgIpc) is 2.32. The first-order valence-corrected chi connectivity index (χ1v) is 5.06. The van der Waals surface area contributed by atoms with Crippen molar-refractivity contribution in [1.82, 2.24) is 5.32 Å². The van der Waals surface area contributed by atoms with Crippen LogP contribution in [0, 0.1) is 15.9 Å². The molecule has 0 saturated carbocycles. The molecule has 0 aliphatic carbocycles. The van der Waals surface area contributed by atoms with Crippen molar-refractivity contribution >= 4 is 11.8 Å². The Labute approximate surface area is 104 Å². The number of benzene rings is 1. The van der Waals surface area contributed by atoms with Crippen LogP contribution >= 0.6 is 0 Å². The summed E-state index contributed by atoms with van der Waals surface area (Å²) in [5, 5.41) is 12.5. The van der Waals surface area contributed by atoms with E-state index >= 15 is 0 Å². The summed E-state index contributed by atoms with van der Waals surface area (Å²) >= 11 is 0. The number of carbonyl (C=O) groups excluding carboxylic acids is 1. The molecule has 0 bridgehead atoms. The van der Waals surface area contributed by atoms with Crippen LogP contribution in [0.5, 0.6) is 0 Å². The second kappa shape index (κ2) is 4.41. The molecule has 1 amide bonds. The van der Waals surface area contributed by atoms with Crippen molar-refractivity contribution < 1.29 is 27.6 Å². The number of carbonyl (C=O) groups is 1. The molecule has 0 unspecified atom stereocenters. The van der Waals surface area contributed by atoms with Gasteiger partial charge < -0.3 is 10.1 Å². The molecule has 1 atom stereocenters. The second-order valence-electron chi connectivity index (χ2n) is 3.87. The molecule has 1 heterocycles. The Bertz CT molecular complexity index is 550. The predicted octanol–water partition coefficient (Wildman–Crippen LogP) is 2.15. The van der Waals surface area contributed by atoms with Crippen LogP contribution in [0.25, 0.3) is 0 Å². The Morgan fingerprint density at radius 3 is 2.79 bits per heavy atom. The van der Waals surface area contributed by atoms with Gasteiger partial charge in [0.15, 0.2) is 6.61 Å². The van der Waals surface area contributed by atoms with E-state index < -0.39 is 46.7 Å². The van der Waals surface area contributed by atoms with E-state index in [2.05, 4.69) is 4.74 Å². The monoisotopic (exact) mass is 276 g/mol. The van der Waals surface area contributed by atoms with E-state index in [0.29, 0.717) is 6.07 Å². The van der Waals surface area contributed by atoms with Crippen molar-refractivity contribution in [3.8, 4) is 0 Å². The third-order valence-corrected chi connectivity index (χ3v) is 2.58. The second-order valence-corrected chi connectivity index (χ2v) is 3.87. The molecule has 0 radical (unpaired) electrons. The van der Waals surface area contributed by atoms with E-state index in [1.807, 2.05) is 0 Å². The van der Waals surface area contributed by atoms with Crippen molar-refractivity contribution in [3.63, 3.8) is 0 Å². The number of alkyl carbamates (subject to hydrolysis) is 1. The SMILES string of the molecule is O=C1N[C@@H](c2cc(F)ccc2[N+](=O)[O-])C(F)(F)CO1. The van der Waals surface area contributed by atoms with E-state index in [4.69, 9.17) is 0 Å². The van der Waals surface area contributed by atoms with Crippen LogP contribution in [-0.2, 0) is 4.74 Å². The molecule has 6 nitrogen and oxygen atoms in total. The zero-order valence-corrected chi connectivity index (χ0v) is 9.23. The summed E-state index contributed by atoms with van der Waals surface area (Å²) in [7, 11) is 0. The fourth-order valence-electron chi connectivity index (χ4n) is 1.74. The van der Waals surface area contributed by atoms with Crippen LogP contribution in [0.2, 0.25) is 0 Å². The van der Waals surface area contributed by atoms with Crippen molar-refractivity contribution in [3.05, 3.63) is 39.7 Å². The van der Waals surface area contributed by atoms with Gasteiger partial charge in [-0.3, -0.25) is 10.1 Å². The van der Waals surface area contributed by atoms with Crippen LogP contribution in [0.4, 0.5) is 23.7 Å². The molecular formula is C10H7F3N2O4. The van der Waals surface area contributed by atoms with E-state index in [0.717, 1.165) is 12.1 Å². The molecule has 1 aromatic carbocycles. The summed E-state index contributed by atoms with van der Waals surface area (Å²) in [5.41, 5.74) is -1.31. The first-order chi connectivity index (χ1) is 8.81. The molecule has 1 fully saturated rings. The minimum atomic E-state index is -3.58. The standard InChI is InChI=1S/C10H7F3N2O4/c11-5-1-2-7(15(17)18)6(3-5)8-10(12,13)4-19-9(16)14-8/h1-3,8H,4H2,(H,14,16)/t8-/m0/s1. The molecule has 1 saturated heterocycles. The molecule has 1 aliphatic heterocycles. The number of nitro groups is 1. The third kappa shape index (κ3) is 2.44. The summed E-state index contributed by atoms with van der Waals surface area (Å²) in [6.45, 7) is -1.23. The molecule has 19 heavy (non-hydrogen) atoms.